The third-order valence-electron chi connectivity index (χ3n) is 3.14. The molecule has 1 atom stereocenters. The number of nitrogens with one attached hydrogen (secondary N) is 3. The van der Waals surface area contributed by atoms with Crippen molar-refractivity contribution < 1.29 is 14.3 Å². The Morgan fingerprint density at radius 1 is 1.00 bits per heavy atom. The topological polar surface area (TPSA) is 79.5 Å². The lowest BCUT2D eigenvalue weighted by molar-refractivity contribution is -0.120. The van der Waals surface area contributed by atoms with Gasteiger partial charge in [-0.05, 0) is 31.2 Å². The maximum atomic E-state index is 12.1. The SMILES string of the molecule is COc1ccccc1NC(C)C(=O)NC(=O)Nc1ccccc1. The number of para-hydroxylation sites is 3. The Kier molecular flexibility index (Phi) is 5.57. The summed E-state index contributed by atoms with van der Waals surface area (Å²) in [5.74, 6) is 0.185. The number of hydrogen-bond donors (Lipinski definition) is 3. The van der Waals surface area contributed by atoms with Crippen LogP contribution < -0.4 is 20.7 Å². The smallest absolute Gasteiger partial charge is 0.325 e. The summed E-state index contributed by atoms with van der Waals surface area (Å²) < 4.78 is 5.21. The molecule has 2 aromatic rings. The second-order valence-electron chi connectivity index (χ2n) is 4.88. The molecule has 0 aliphatic heterocycles. The molecule has 6 heteroatoms. The number of benzene rings is 2. The van der Waals surface area contributed by atoms with E-state index in [2.05, 4.69) is 16.0 Å². The van der Waals surface area contributed by atoms with Crippen molar-refractivity contribution in [2.45, 2.75) is 13.0 Å². The van der Waals surface area contributed by atoms with Crippen molar-refractivity contribution in [2.75, 3.05) is 17.7 Å². The van der Waals surface area contributed by atoms with E-state index < -0.39 is 18.0 Å². The minimum absolute atomic E-state index is 0.440. The van der Waals surface area contributed by atoms with Crippen LogP contribution in [0.3, 0.4) is 0 Å². The molecule has 1 unspecified atom stereocenters. The van der Waals surface area contributed by atoms with Crippen LogP contribution in [0.4, 0.5) is 16.2 Å². The molecule has 3 amide bonds. The van der Waals surface area contributed by atoms with Gasteiger partial charge in [-0.3, -0.25) is 10.1 Å². The molecule has 120 valence electrons. The third kappa shape index (κ3) is 4.74. The number of methoxy groups -OCH3 is 1. The van der Waals surface area contributed by atoms with Crippen molar-refractivity contribution >= 4 is 23.3 Å². The van der Waals surface area contributed by atoms with Crippen LogP contribution in [-0.2, 0) is 4.79 Å². The van der Waals surface area contributed by atoms with Gasteiger partial charge >= 0.3 is 6.03 Å². The van der Waals surface area contributed by atoms with Crippen molar-refractivity contribution in [3.63, 3.8) is 0 Å². The highest BCUT2D eigenvalue weighted by molar-refractivity contribution is 6.03. The Morgan fingerprint density at radius 2 is 1.65 bits per heavy atom. The van der Waals surface area contributed by atoms with Crippen LogP contribution in [0.2, 0.25) is 0 Å². The summed E-state index contributed by atoms with van der Waals surface area (Å²) >= 11 is 0. The highest BCUT2D eigenvalue weighted by atomic mass is 16.5. The Hall–Kier alpha value is -3.02. The molecule has 0 aliphatic rings. The van der Waals surface area contributed by atoms with Crippen molar-refractivity contribution in [1.82, 2.24) is 5.32 Å². The van der Waals surface area contributed by atoms with Crippen LogP contribution in [0.5, 0.6) is 5.75 Å². The van der Waals surface area contributed by atoms with Crippen LogP contribution in [0.15, 0.2) is 54.6 Å². The van der Waals surface area contributed by atoms with Crippen LogP contribution in [0, 0.1) is 0 Å². The zero-order valence-corrected chi connectivity index (χ0v) is 13.0. The first-order chi connectivity index (χ1) is 11.1. The fourth-order valence-corrected chi connectivity index (χ4v) is 1.97. The fraction of sp³-hybridized carbons (Fsp3) is 0.176. The van der Waals surface area contributed by atoms with E-state index in [0.717, 1.165) is 0 Å². The van der Waals surface area contributed by atoms with Gasteiger partial charge in [0.1, 0.15) is 11.8 Å². The normalized spacial score (nSPS) is 11.2. The third-order valence-corrected chi connectivity index (χ3v) is 3.14. The van der Waals surface area contributed by atoms with E-state index >= 15 is 0 Å². The largest absolute Gasteiger partial charge is 0.495 e. The van der Waals surface area contributed by atoms with Crippen LogP contribution in [0.1, 0.15) is 6.92 Å². The van der Waals surface area contributed by atoms with Gasteiger partial charge in [0.2, 0.25) is 5.91 Å². The monoisotopic (exact) mass is 313 g/mol. The molecule has 0 saturated heterocycles. The Labute approximate surface area is 134 Å². The van der Waals surface area contributed by atoms with Crippen molar-refractivity contribution in [3.05, 3.63) is 54.6 Å². The Morgan fingerprint density at radius 3 is 2.35 bits per heavy atom. The highest BCUT2D eigenvalue weighted by Crippen LogP contribution is 2.23. The van der Waals surface area contributed by atoms with E-state index in [-0.39, 0.29) is 0 Å². The first kappa shape index (κ1) is 16.4. The Balaban J connectivity index is 1.91. The molecule has 3 N–H and O–H groups in total. The molecule has 0 fully saturated rings. The number of hydrogen-bond acceptors (Lipinski definition) is 4. The maximum absolute atomic E-state index is 12.1. The van der Waals surface area contributed by atoms with E-state index in [0.29, 0.717) is 17.1 Å². The predicted molar refractivity (Wildman–Crippen MR) is 89.7 cm³/mol. The van der Waals surface area contributed by atoms with Crippen LogP contribution in [0.25, 0.3) is 0 Å². The Bertz CT molecular complexity index is 674. The summed E-state index contributed by atoms with van der Waals surface area (Å²) in [5.41, 5.74) is 1.30. The first-order valence-electron chi connectivity index (χ1n) is 7.16. The number of ether oxygens (including phenoxy) is 1. The van der Waals surface area contributed by atoms with E-state index in [9.17, 15) is 9.59 Å². The van der Waals surface area contributed by atoms with Gasteiger partial charge in [-0.25, -0.2) is 4.79 Å². The molecule has 6 nitrogen and oxygen atoms in total. The lowest BCUT2D eigenvalue weighted by atomic mass is 10.2. The molecular weight excluding hydrogens is 294 g/mol. The number of urea groups is 1. The van der Waals surface area contributed by atoms with Crippen LogP contribution >= 0.6 is 0 Å². The number of carbonyl (C=O) groups excluding carboxylic acids is 2. The molecular formula is C17H19N3O3. The van der Waals surface area contributed by atoms with Gasteiger partial charge in [0.15, 0.2) is 0 Å². The van der Waals surface area contributed by atoms with E-state index in [1.807, 2.05) is 18.2 Å². The number of amides is 3. The highest BCUT2D eigenvalue weighted by Gasteiger charge is 2.17. The number of carbonyl (C=O) groups is 2. The van der Waals surface area contributed by atoms with Gasteiger partial charge < -0.3 is 15.4 Å². The first-order valence-corrected chi connectivity index (χ1v) is 7.16. The number of imide groups is 1. The number of rotatable bonds is 5. The summed E-state index contributed by atoms with van der Waals surface area (Å²) in [4.78, 5) is 23.9. The van der Waals surface area contributed by atoms with Gasteiger partial charge in [-0.1, -0.05) is 30.3 Å². The molecule has 0 aromatic heterocycles. The molecule has 0 bridgehead atoms. The average Bonchev–Trinajstić information content (AvgIpc) is 2.56. The molecule has 0 spiro atoms. The minimum atomic E-state index is -0.604. The quantitative estimate of drug-likeness (QED) is 0.793. The summed E-state index contributed by atoms with van der Waals surface area (Å²) in [5, 5.41) is 7.90. The zero-order chi connectivity index (χ0) is 16.7. The van der Waals surface area contributed by atoms with Gasteiger partial charge in [0.25, 0.3) is 0 Å². The predicted octanol–water partition coefficient (Wildman–Crippen LogP) is 2.84. The van der Waals surface area contributed by atoms with Crippen molar-refractivity contribution in [1.29, 1.82) is 0 Å². The summed E-state index contributed by atoms with van der Waals surface area (Å²) in [6.45, 7) is 1.66. The van der Waals surface area contributed by atoms with E-state index in [1.165, 1.54) is 0 Å². The minimum Gasteiger partial charge on any atom is -0.495 e. The second kappa shape index (κ2) is 7.84. The van der Waals surface area contributed by atoms with E-state index in [4.69, 9.17) is 4.74 Å². The van der Waals surface area contributed by atoms with Crippen LogP contribution in [-0.4, -0.2) is 25.1 Å². The molecule has 2 rings (SSSR count). The summed E-state index contributed by atoms with van der Waals surface area (Å²) in [6, 6.07) is 15.0. The summed E-state index contributed by atoms with van der Waals surface area (Å²) in [7, 11) is 1.55. The molecule has 0 heterocycles. The molecule has 2 aromatic carbocycles. The van der Waals surface area contributed by atoms with Gasteiger partial charge in [-0.2, -0.15) is 0 Å². The maximum Gasteiger partial charge on any atom is 0.325 e. The number of anilines is 2. The zero-order valence-electron chi connectivity index (χ0n) is 13.0. The van der Waals surface area contributed by atoms with Gasteiger partial charge in [0.05, 0.1) is 12.8 Å². The average molecular weight is 313 g/mol. The lowest BCUT2D eigenvalue weighted by Gasteiger charge is -2.17. The standard InChI is InChI=1S/C17H19N3O3/c1-12(18-14-10-6-7-11-15(14)23-2)16(21)20-17(22)19-13-8-4-3-5-9-13/h3-12,18H,1-2H3,(H2,19,20,21,22). The molecule has 23 heavy (non-hydrogen) atoms. The van der Waals surface area contributed by atoms with Gasteiger partial charge in [0, 0.05) is 5.69 Å². The molecule has 0 radical (unpaired) electrons. The molecule has 0 aliphatic carbocycles. The van der Waals surface area contributed by atoms with Crippen molar-refractivity contribution in [3.8, 4) is 5.75 Å². The second-order valence-corrected chi connectivity index (χ2v) is 4.88. The van der Waals surface area contributed by atoms with E-state index in [1.54, 1.807) is 50.4 Å². The van der Waals surface area contributed by atoms with Crippen molar-refractivity contribution in [2.24, 2.45) is 0 Å². The fourth-order valence-electron chi connectivity index (χ4n) is 1.97. The van der Waals surface area contributed by atoms with Gasteiger partial charge in [-0.15, -0.1) is 0 Å². The lowest BCUT2D eigenvalue weighted by Crippen LogP contribution is -2.42. The molecule has 0 saturated carbocycles. The summed E-state index contributed by atoms with van der Waals surface area (Å²) in [6.07, 6.45) is 0.